The molecule has 0 aromatic heterocycles. The number of halogens is 1. The molecule has 0 spiro atoms. The molecule has 1 rings (SSSR count). The van der Waals surface area contributed by atoms with Crippen molar-refractivity contribution in [3.05, 3.63) is 35.6 Å². The van der Waals surface area contributed by atoms with Gasteiger partial charge < -0.3 is 5.32 Å². The van der Waals surface area contributed by atoms with Crippen molar-refractivity contribution in [3.8, 4) is 12.3 Å². The van der Waals surface area contributed by atoms with Gasteiger partial charge in [-0.15, -0.1) is 6.42 Å². The third kappa shape index (κ3) is 4.19. The fraction of sp³-hybridized carbons (Fsp3) is 0.357. The first kappa shape index (κ1) is 14.2. The van der Waals surface area contributed by atoms with E-state index in [9.17, 15) is 9.18 Å². The maximum absolute atomic E-state index is 12.8. The summed E-state index contributed by atoms with van der Waals surface area (Å²) in [5, 5.41) is 5.72. The number of amides is 1. The first-order chi connectivity index (χ1) is 8.54. The molecule has 0 aliphatic heterocycles. The van der Waals surface area contributed by atoms with Crippen LogP contribution in [0.1, 0.15) is 25.5 Å². The molecule has 0 aliphatic carbocycles. The van der Waals surface area contributed by atoms with Gasteiger partial charge in [0, 0.05) is 6.04 Å². The van der Waals surface area contributed by atoms with E-state index in [0.717, 1.165) is 5.56 Å². The normalized spacial score (nSPS) is 13.4. The molecule has 0 aliphatic rings. The molecule has 1 aromatic carbocycles. The molecule has 0 heterocycles. The van der Waals surface area contributed by atoms with Gasteiger partial charge in [-0.05, 0) is 31.5 Å². The Morgan fingerprint density at radius 2 is 2.00 bits per heavy atom. The zero-order valence-corrected chi connectivity index (χ0v) is 10.5. The third-order valence-electron chi connectivity index (χ3n) is 2.63. The fourth-order valence-corrected chi connectivity index (χ4v) is 1.59. The highest BCUT2D eigenvalue weighted by Crippen LogP contribution is 2.13. The SMILES string of the molecule is C#CCNC(=O)C(C)NC(C)c1ccc(F)cc1. The van der Waals surface area contributed by atoms with Crippen molar-refractivity contribution in [2.75, 3.05) is 6.54 Å². The summed E-state index contributed by atoms with van der Waals surface area (Å²) in [4.78, 5) is 11.6. The van der Waals surface area contributed by atoms with E-state index in [1.807, 2.05) is 6.92 Å². The maximum atomic E-state index is 12.8. The van der Waals surface area contributed by atoms with Crippen LogP contribution in [0.15, 0.2) is 24.3 Å². The monoisotopic (exact) mass is 248 g/mol. The van der Waals surface area contributed by atoms with Gasteiger partial charge in [0.05, 0.1) is 12.6 Å². The summed E-state index contributed by atoms with van der Waals surface area (Å²) in [7, 11) is 0. The van der Waals surface area contributed by atoms with Crippen molar-refractivity contribution in [2.24, 2.45) is 0 Å². The van der Waals surface area contributed by atoms with Crippen LogP contribution in [0.25, 0.3) is 0 Å². The minimum absolute atomic E-state index is 0.0443. The number of hydrogen-bond acceptors (Lipinski definition) is 2. The molecule has 3 nitrogen and oxygen atoms in total. The van der Waals surface area contributed by atoms with Gasteiger partial charge in [0.1, 0.15) is 5.82 Å². The van der Waals surface area contributed by atoms with Crippen LogP contribution in [0.4, 0.5) is 4.39 Å². The van der Waals surface area contributed by atoms with E-state index in [0.29, 0.717) is 0 Å². The first-order valence-electron chi connectivity index (χ1n) is 5.77. The average molecular weight is 248 g/mol. The van der Waals surface area contributed by atoms with Gasteiger partial charge in [-0.25, -0.2) is 4.39 Å². The lowest BCUT2D eigenvalue weighted by Gasteiger charge is -2.19. The molecular formula is C14H17FN2O. The topological polar surface area (TPSA) is 41.1 Å². The molecule has 1 amide bonds. The summed E-state index contributed by atoms with van der Waals surface area (Å²) in [6.07, 6.45) is 5.06. The number of hydrogen-bond donors (Lipinski definition) is 2. The standard InChI is InChI=1S/C14H17FN2O/c1-4-9-16-14(18)11(3)17-10(2)12-5-7-13(15)8-6-12/h1,5-8,10-11,17H,9H2,2-3H3,(H,16,18). The highest BCUT2D eigenvalue weighted by molar-refractivity contribution is 5.81. The highest BCUT2D eigenvalue weighted by atomic mass is 19.1. The molecule has 18 heavy (non-hydrogen) atoms. The van der Waals surface area contributed by atoms with E-state index in [1.54, 1.807) is 19.1 Å². The van der Waals surface area contributed by atoms with Gasteiger partial charge in [-0.1, -0.05) is 18.1 Å². The quantitative estimate of drug-likeness (QED) is 0.777. The molecule has 0 saturated carbocycles. The predicted molar refractivity (Wildman–Crippen MR) is 69.3 cm³/mol. The van der Waals surface area contributed by atoms with Gasteiger partial charge in [-0.3, -0.25) is 10.1 Å². The van der Waals surface area contributed by atoms with Crippen LogP contribution in [0, 0.1) is 18.2 Å². The van der Waals surface area contributed by atoms with Crippen molar-refractivity contribution in [2.45, 2.75) is 25.9 Å². The van der Waals surface area contributed by atoms with E-state index >= 15 is 0 Å². The van der Waals surface area contributed by atoms with Crippen molar-refractivity contribution in [3.63, 3.8) is 0 Å². The maximum Gasteiger partial charge on any atom is 0.237 e. The number of benzene rings is 1. The number of carbonyl (C=O) groups is 1. The minimum atomic E-state index is -0.363. The van der Waals surface area contributed by atoms with Crippen LogP contribution >= 0.6 is 0 Å². The van der Waals surface area contributed by atoms with Gasteiger partial charge in [0.2, 0.25) is 5.91 Å². The van der Waals surface area contributed by atoms with Crippen molar-refractivity contribution in [1.29, 1.82) is 0 Å². The molecule has 2 N–H and O–H groups in total. The predicted octanol–water partition coefficient (Wildman–Crippen LogP) is 1.61. The second-order valence-corrected chi connectivity index (χ2v) is 4.08. The van der Waals surface area contributed by atoms with Crippen LogP contribution in [-0.4, -0.2) is 18.5 Å². The Hall–Kier alpha value is -1.86. The number of terminal acetylenes is 1. The van der Waals surface area contributed by atoms with Gasteiger partial charge in [-0.2, -0.15) is 0 Å². The molecule has 1 aromatic rings. The second kappa shape index (κ2) is 6.77. The van der Waals surface area contributed by atoms with Crippen LogP contribution in [0.3, 0.4) is 0 Å². The summed E-state index contributed by atoms with van der Waals surface area (Å²) >= 11 is 0. The van der Waals surface area contributed by atoms with Crippen LogP contribution in [0.2, 0.25) is 0 Å². The number of rotatable bonds is 5. The lowest BCUT2D eigenvalue weighted by atomic mass is 10.1. The highest BCUT2D eigenvalue weighted by Gasteiger charge is 2.15. The number of nitrogens with one attached hydrogen (secondary N) is 2. The van der Waals surface area contributed by atoms with Crippen LogP contribution in [-0.2, 0) is 4.79 Å². The number of carbonyl (C=O) groups excluding carboxylic acids is 1. The summed E-state index contributed by atoms with van der Waals surface area (Å²) < 4.78 is 12.8. The van der Waals surface area contributed by atoms with Gasteiger partial charge in [0.15, 0.2) is 0 Å². The van der Waals surface area contributed by atoms with Crippen molar-refractivity contribution >= 4 is 5.91 Å². The van der Waals surface area contributed by atoms with Gasteiger partial charge in [0.25, 0.3) is 0 Å². The Morgan fingerprint density at radius 1 is 1.39 bits per heavy atom. The van der Waals surface area contributed by atoms with Gasteiger partial charge >= 0.3 is 0 Å². The first-order valence-corrected chi connectivity index (χ1v) is 5.77. The van der Waals surface area contributed by atoms with E-state index in [-0.39, 0.29) is 30.4 Å². The van der Waals surface area contributed by atoms with E-state index in [4.69, 9.17) is 6.42 Å². The molecule has 0 radical (unpaired) electrons. The summed E-state index contributed by atoms with van der Waals surface area (Å²) in [6.45, 7) is 3.89. The largest absolute Gasteiger partial charge is 0.344 e. The minimum Gasteiger partial charge on any atom is -0.344 e. The van der Waals surface area contributed by atoms with E-state index in [1.165, 1.54) is 12.1 Å². The lowest BCUT2D eigenvalue weighted by Crippen LogP contribution is -2.43. The second-order valence-electron chi connectivity index (χ2n) is 4.08. The Kier molecular flexibility index (Phi) is 5.34. The van der Waals surface area contributed by atoms with Crippen LogP contribution in [0.5, 0.6) is 0 Å². The molecule has 96 valence electrons. The summed E-state index contributed by atoms with van der Waals surface area (Å²) in [5.41, 5.74) is 0.924. The lowest BCUT2D eigenvalue weighted by molar-refractivity contribution is -0.122. The van der Waals surface area contributed by atoms with Crippen molar-refractivity contribution in [1.82, 2.24) is 10.6 Å². The third-order valence-corrected chi connectivity index (χ3v) is 2.63. The zero-order chi connectivity index (χ0) is 13.5. The molecule has 0 bridgehead atoms. The van der Waals surface area contributed by atoms with E-state index in [2.05, 4.69) is 16.6 Å². The Bertz CT molecular complexity index is 436. The Morgan fingerprint density at radius 3 is 2.56 bits per heavy atom. The molecule has 2 unspecified atom stereocenters. The molecule has 0 saturated heterocycles. The summed E-state index contributed by atoms with van der Waals surface area (Å²) in [5.74, 6) is 1.92. The fourth-order valence-electron chi connectivity index (χ4n) is 1.59. The Balaban J connectivity index is 2.54. The Labute approximate surface area is 107 Å². The smallest absolute Gasteiger partial charge is 0.237 e. The van der Waals surface area contributed by atoms with Crippen molar-refractivity contribution < 1.29 is 9.18 Å². The molecule has 2 atom stereocenters. The molecule has 4 heteroatoms. The molecular weight excluding hydrogens is 231 g/mol. The zero-order valence-electron chi connectivity index (χ0n) is 10.5. The summed E-state index contributed by atoms with van der Waals surface area (Å²) in [6, 6.07) is 5.78. The average Bonchev–Trinajstić information content (AvgIpc) is 2.36. The van der Waals surface area contributed by atoms with Crippen LogP contribution < -0.4 is 10.6 Å². The molecule has 0 fully saturated rings. The van der Waals surface area contributed by atoms with E-state index < -0.39 is 0 Å².